The minimum atomic E-state index is 0.908. The zero-order valence-corrected chi connectivity index (χ0v) is 10.9. The number of thiophene rings is 1. The van der Waals surface area contributed by atoms with Crippen LogP contribution in [0, 0.1) is 5.92 Å². The maximum absolute atomic E-state index is 3.53. The Morgan fingerprint density at radius 1 is 1.50 bits per heavy atom. The van der Waals surface area contributed by atoms with Crippen LogP contribution in [-0.2, 0) is 6.42 Å². The summed E-state index contributed by atoms with van der Waals surface area (Å²) >= 11 is 1.86. The van der Waals surface area contributed by atoms with Crippen molar-refractivity contribution in [2.75, 3.05) is 32.7 Å². The van der Waals surface area contributed by atoms with Crippen LogP contribution >= 0.6 is 11.3 Å². The molecule has 0 saturated carbocycles. The molecule has 90 valence electrons. The average Bonchev–Trinajstić information content (AvgIpc) is 2.89. The van der Waals surface area contributed by atoms with Crippen LogP contribution in [0.15, 0.2) is 17.5 Å². The van der Waals surface area contributed by atoms with Crippen LogP contribution in [-0.4, -0.2) is 37.6 Å². The molecule has 1 fully saturated rings. The third-order valence-corrected chi connectivity index (χ3v) is 4.18. The third-order valence-electron chi connectivity index (χ3n) is 3.24. The Kier molecular flexibility index (Phi) is 4.82. The summed E-state index contributed by atoms with van der Waals surface area (Å²) in [5.74, 6) is 0.908. The van der Waals surface area contributed by atoms with Crippen molar-refractivity contribution in [3.05, 3.63) is 22.4 Å². The molecule has 2 nitrogen and oxygen atoms in total. The molecular formula is C13H22N2S. The van der Waals surface area contributed by atoms with E-state index in [0.717, 1.165) is 19.0 Å². The van der Waals surface area contributed by atoms with Gasteiger partial charge in [0, 0.05) is 31.1 Å². The molecule has 1 aliphatic heterocycles. The van der Waals surface area contributed by atoms with Crippen molar-refractivity contribution >= 4 is 11.3 Å². The third kappa shape index (κ3) is 3.89. The highest BCUT2D eigenvalue weighted by Crippen LogP contribution is 2.13. The van der Waals surface area contributed by atoms with Gasteiger partial charge in [0.1, 0.15) is 0 Å². The van der Waals surface area contributed by atoms with E-state index in [1.807, 2.05) is 11.3 Å². The molecule has 1 saturated heterocycles. The second-order valence-electron chi connectivity index (χ2n) is 4.77. The van der Waals surface area contributed by atoms with Crippen LogP contribution < -0.4 is 5.32 Å². The standard InChI is InChI=1S/C13H22N2S/c1-12-5-8-15(11-12)9-7-14-6-4-13-3-2-10-16-13/h2-3,10,12,14H,4-9,11H2,1H3. The van der Waals surface area contributed by atoms with Gasteiger partial charge in [-0.2, -0.15) is 0 Å². The Balaban J connectivity index is 1.49. The fourth-order valence-corrected chi connectivity index (χ4v) is 2.97. The van der Waals surface area contributed by atoms with Crippen LogP contribution in [0.25, 0.3) is 0 Å². The molecule has 0 aromatic carbocycles. The van der Waals surface area contributed by atoms with Gasteiger partial charge in [-0.25, -0.2) is 0 Å². The van der Waals surface area contributed by atoms with Gasteiger partial charge < -0.3 is 10.2 Å². The Morgan fingerprint density at radius 3 is 3.12 bits per heavy atom. The number of rotatable bonds is 6. The molecule has 3 heteroatoms. The topological polar surface area (TPSA) is 15.3 Å². The molecule has 2 heterocycles. The first-order chi connectivity index (χ1) is 7.84. The highest BCUT2D eigenvalue weighted by molar-refractivity contribution is 7.09. The monoisotopic (exact) mass is 238 g/mol. The predicted molar refractivity (Wildman–Crippen MR) is 71.1 cm³/mol. The van der Waals surface area contributed by atoms with E-state index >= 15 is 0 Å². The predicted octanol–water partition coefficient (Wildman–Crippen LogP) is 2.22. The number of nitrogens with zero attached hydrogens (tertiary/aromatic N) is 1. The summed E-state index contributed by atoms with van der Waals surface area (Å²) in [6.07, 6.45) is 2.56. The summed E-state index contributed by atoms with van der Waals surface area (Å²) in [6, 6.07) is 4.35. The van der Waals surface area contributed by atoms with E-state index in [4.69, 9.17) is 0 Å². The smallest absolute Gasteiger partial charge is 0.0107 e. The molecule has 1 aromatic rings. The van der Waals surface area contributed by atoms with Gasteiger partial charge in [0.2, 0.25) is 0 Å². The van der Waals surface area contributed by atoms with E-state index in [1.165, 1.54) is 37.4 Å². The van der Waals surface area contributed by atoms with Crippen LogP contribution in [0.5, 0.6) is 0 Å². The fourth-order valence-electron chi connectivity index (χ4n) is 2.26. The lowest BCUT2D eigenvalue weighted by molar-refractivity contribution is 0.326. The quantitative estimate of drug-likeness (QED) is 0.765. The van der Waals surface area contributed by atoms with Gasteiger partial charge in [0.15, 0.2) is 0 Å². The van der Waals surface area contributed by atoms with Crippen molar-refractivity contribution in [1.82, 2.24) is 10.2 Å². The van der Waals surface area contributed by atoms with Gasteiger partial charge in [-0.05, 0) is 36.8 Å². The van der Waals surface area contributed by atoms with Crippen LogP contribution in [0.1, 0.15) is 18.2 Å². The van der Waals surface area contributed by atoms with Crippen LogP contribution in [0.3, 0.4) is 0 Å². The van der Waals surface area contributed by atoms with Gasteiger partial charge in [-0.1, -0.05) is 13.0 Å². The second-order valence-corrected chi connectivity index (χ2v) is 5.81. The number of nitrogens with one attached hydrogen (secondary N) is 1. The largest absolute Gasteiger partial charge is 0.315 e. The summed E-state index contributed by atoms with van der Waals surface area (Å²) in [5, 5.41) is 5.68. The Bertz CT molecular complexity index is 284. The zero-order chi connectivity index (χ0) is 11.2. The van der Waals surface area contributed by atoms with Gasteiger partial charge in [-0.3, -0.25) is 0 Å². The molecular weight excluding hydrogens is 216 g/mol. The lowest BCUT2D eigenvalue weighted by atomic mass is 10.2. The molecule has 1 aliphatic rings. The molecule has 1 N–H and O–H groups in total. The molecule has 2 rings (SSSR count). The maximum atomic E-state index is 3.53. The van der Waals surface area contributed by atoms with E-state index in [9.17, 15) is 0 Å². The summed E-state index contributed by atoms with van der Waals surface area (Å²) < 4.78 is 0. The van der Waals surface area contributed by atoms with E-state index in [-0.39, 0.29) is 0 Å². The Labute approximate surface area is 103 Å². The normalized spacial score (nSPS) is 21.7. The number of likely N-dealkylation sites (tertiary alicyclic amines) is 1. The van der Waals surface area contributed by atoms with E-state index < -0.39 is 0 Å². The summed E-state index contributed by atoms with van der Waals surface area (Å²) in [5.41, 5.74) is 0. The Hall–Kier alpha value is -0.380. The second kappa shape index (κ2) is 6.38. The molecule has 0 spiro atoms. The van der Waals surface area contributed by atoms with Crippen molar-refractivity contribution in [3.8, 4) is 0 Å². The van der Waals surface area contributed by atoms with Gasteiger partial charge in [0.25, 0.3) is 0 Å². The van der Waals surface area contributed by atoms with Crippen molar-refractivity contribution in [3.63, 3.8) is 0 Å². The van der Waals surface area contributed by atoms with E-state index in [0.29, 0.717) is 0 Å². The lowest BCUT2D eigenvalue weighted by Crippen LogP contribution is -2.31. The zero-order valence-electron chi connectivity index (χ0n) is 10.1. The summed E-state index contributed by atoms with van der Waals surface area (Å²) in [6.45, 7) is 8.42. The van der Waals surface area contributed by atoms with Crippen LogP contribution in [0.2, 0.25) is 0 Å². The highest BCUT2D eigenvalue weighted by Gasteiger charge is 2.17. The molecule has 0 aliphatic carbocycles. The number of hydrogen-bond acceptors (Lipinski definition) is 3. The minimum Gasteiger partial charge on any atom is -0.315 e. The first-order valence-electron chi connectivity index (χ1n) is 6.30. The van der Waals surface area contributed by atoms with Crippen LogP contribution in [0.4, 0.5) is 0 Å². The van der Waals surface area contributed by atoms with Crippen molar-refractivity contribution < 1.29 is 0 Å². The Morgan fingerprint density at radius 2 is 2.44 bits per heavy atom. The average molecular weight is 238 g/mol. The fraction of sp³-hybridized carbons (Fsp3) is 0.692. The molecule has 1 unspecified atom stereocenters. The molecule has 0 radical (unpaired) electrons. The number of hydrogen-bond donors (Lipinski definition) is 1. The van der Waals surface area contributed by atoms with E-state index in [1.54, 1.807) is 0 Å². The molecule has 0 bridgehead atoms. The molecule has 1 aromatic heterocycles. The van der Waals surface area contributed by atoms with Gasteiger partial charge in [0.05, 0.1) is 0 Å². The highest BCUT2D eigenvalue weighted by atomic mass is 32.1. The van der Waals surface area contributed by atoms with E-state index in [2.05, 4.69) is 34.7 Å². The van der Waals surface area contributed by atoms with Crippen molar-refractivity contribution in [2.45, 2.75) is 19.8 Å². The summed E-state index contributed by atoms with van der Waals surface area (Å²) in [4.78, 5) is 4.06. The minimum absolute atomic E-state index is 0.908. The van der Waals surface area contributed by atoms with Crippen molar-refractivity contribution in [1.29, 1.82) is 0 Å². The molecule has 16 heavy (non-hydrogen) atoms. The SMILES string of the molecule is CC1CCN(CCNCCc2cccs2)C1. The van der Waals surface area contributed by atoms with Gasteiger partial charge in [-0.15, -0.1) is 11.3 Å². The first kappa shape index (κ1) is 12.1. The molecule has 0 amide bonds. The first-order valence-corrected chi connectivity index (χ1v) is 7.18. The summed E-state index contributed by atoms with van der Waals surface area (Å²) in [7, 11) is 0. The van der Waals surface area contributed by atoms with Crippen molar-refractivity contribution in [2.24, 2.45) is 5.92 Å². The molecule has 1 atom stereocenters. The lowest BCUT2D eigenvalue weighted by Gasteiger charge is -2.15. The maximum Gasteiger partial charge on any atom is 0.0107 e. The van der Waals surface area contributed by atoms with Gasteiger partial charge >= 0.3 is 0 Å².